The van der Waals surface area contributed by atoms with Crippen LogP contribution in [0.4, 0.5) is 10.1 Å². The van der Waals surface area contributed by atoms with Gasteiger partial charge >= 0.3 is 0 Å². The molecule has 0 aliphatic heterocycles. The summed E-state index contributed by atoms with van der Waals surface area (Å²) in [5.41, 5.74) is 1.30. The lowest BCUT2D eigenvalue weighted by atomic mass is 10.2. The lowest BCUT2D eigenvalue weighted by Gasteiger charge is -2.14. The smallest absolute Gasteiger partial charge is 0.243 e. The molecule has 0 heterocycles. The van der Waals surface area contributed by atoms with Gasteiger partial charge in [0.25, 0.3) is 0 Å². The Bertz CT molecular complexity index is 811. The Balaban J connectivity index is 1.86. The summed E-state index contributed by atoms with van der Waals surface area (Å²) >= 11 is 0. The highest BCUT2D eigenvalue weighted by Crippen LogP contribution is 2.24. The van der Waals surface area contributed by atoms with Gasteiger partial charge < -0.3 is 25.4 Å². The van der Waals surface area contributed by atoms with Gasteiger partial charge in [-0.15, -0.1) is 0 Å². The van der Waals surface area contributed by atoms with E-state index in [-0.39, 0.29) is 12.5 Å². The molecule has 0 unspecified atom stereocenters. The maximum absolute atomic E-state index is 13.1. The second kappa shape index (κ2) is 10.0. The van der Waals surface area contributed by atoms with Crippen molar-refractivity contribution in [1.29, 1.82) is 0 Å². The third-order valence-electron chi connectivity index (χ3n) is 3.69. The zero-order chi connectivity index (χ0) is 19.6. The fourth-order valence-corrected chi connectivity index (χ4v) is 2.33. The van der Waals surface area contributed by atoms with Crippen molar-refractivity contribution in [3.63, 3.8) is 0 Å². The summed E-state index contributed by atoms with van der Waals surface area (Å²) < 4.78 is 23.7. The highest BCUT2D eigenvalue weighted by atomic mass is 19.1. The van der Waals surface area contributed by atoms with Gasteiger partial charge in [0.05, 0.1) is 20.8 Å². The molecule has 0 aliphatic carbocycles. The standard InChI is InChI=1S/C19H23FN4O3/c1-21-19(22-11-13-7-8-16(26-2)10-17(13)27-3)23-12-18(25)24-15-6-4-5-14(20)9-15/h4-10H,11-12H2,1-3H3,(H,24,25)(H2,21,22,23). The summed E-state index contributed by atoms with van der Waals surface area (Å²) in [4.78, 5) is 16.1. The molecule has 2 aromatic carbocycles. The number of methoxy groups -OCH3 is 2. The molecule has 2 aromatic rings. The average molecular weight is 374 g/mol. The summed E-state index contributed by atoms with van der Waals surface area (Å²) in [6.07, 6.45) is 0. The number of amides is 1. The Kier molecular flexibility index (Phi) is 7.42. The van der Waals surface area contributed by atoms with Crippen LogP contribution >= 0.6 is 0 Å². The van der Waals surface area contributed by atoms with E-state index >= 15 is 0 Å². The second-order valence-electron chi connectivity index (χ2n) is 5.52. The van der Waals surface area contributed by atoms with Crippen molar-refractivity contribution in [3.05, 3.63) is 53.8 Å². The highest BCUT2D eigenvalue weighted by Gasteiger charge is 2.08. The normalized spacial score (nSPS) is 10.9. The van der Waals surface area contributed by atoms with Crippen molar-refractivity contribution in [2.75, 3.05) is 33.1 Å². The molecular weight excluding hydrogens is 351 g/mol. The number of hydrogen-bond acceptors (Lipinski definition) is 4. The van der Waals surface area contributed by atoms with Crippen LogP contribution in [0, 0.1) is 5.82 Å². The number of guanidine groups is 1. The fraction of sp³-hybridized carbons (Fsp3) is 0.263. The van der Waals surface area contributed by atoms with E-state index in [1.807, 2.05) is 12.1 Å². The van der Waals surface area contributed by atoms with Crippen LogP contribution in [-0.2, 0) is 11.3 Å². The summed E-state index contributed by atoms with van der Waals surface area (Å²) in [5.74, 6) is 1.10. The van der Waals surface area contributed by atoms with Crippen LogP contribution in [0.25, 0.3) is 0 Å². The molecule has 3 N–H and O–H groups in total. The second-order valence-corrected chi connectivity index (χ2v) is 5.52. The fourth-order valence-electron chi connectivity index (χ4n) is 2.33. The number of halogens is 1. The molecule has 0 atom stereocenters. The molecule has 0 saturated carbocycles. The van der Waals surface area contributed by atoms with E-state index in [0.29, 0.717) is 29.7 Å². The first kappa shape index (κ1) is 20.0. The SMILES string of the molecule is CN=C(NCC(=O)Nc1cccc(F)c1)NCc1ccc(OC)cc1OC. The number of aliphatic imine (C=N–C) groups is 1. The topological polar surface area (TPSA) is 84.0 Å². The summed E-state index contributed by atoms with van der Waals surface area (Å²) in [7, 11) is 4.78. The van der Waals surface area contributed by atoms with Crippen molar-refractivity contribution >= 4 is 17.6 Å². The van der Waals surface area contributed by atoms with Crippen molar-refractivity contribution < 1.29 is 18.7 Å². The van der Waals surface area contributed by atoms with Gasteiger partial charge in [-0.05, 0) is 30.3 Å². The van der Waals surface area contributed by atoms with Crippen molar-refractivity contribution in [1.82, 2.24) is 10.6 Å². The van der Waals surface area contributed by atoms with E-state index in [2.05, 4.69) is 20.9 Å². The number of benzene rings is 2. The zero-order valence-corrected chi connectivity index (χ0v) is 15.5. The maximum Gasteiger partial charge on any atom is 0.243 e. The molecule has 0 aromatic heterocycles. The molecule has 0 bridgehead atoms. The summed E-state index contributed by atoms with van der Waals surface area (Å²) in [6, 6.07) is 11.2. The van der Waals surface area contributed by atoms with Crippen LogP contribution in [0.5, 0.6) is 11.5 Å². The van der Waals surface area contributed by atoms with Crippen LogP contribution in [-0.4, -0.2) is 39.7 Å². The monoisotopic (exact) mass is 374 g/mol. The predicted octanol–water partition coefficient (Wildman–Crippen LogP) is 2.15. The predicted molar refractivity (Wildman–Crippen MR) is 103 cm³/mol. The minimum Gasteiger partial charge on any atom is -0.497 e. The molecule has 1 amide bonds. The van der Waals surface area contributed by atoms with Gasteiger partial charge in [-0.1, -0.05) is 6.07 Å². The first-order chi connectivity index (χ1) is 13.0. The first-order valence-corrected chi connectivity index (χ1v) is 8.26. The minimum absolute atomic E-state index is 0.0179. The largest absolute Gasteiger partial charge is 0.497 e. The number of carbonyl (C=O) groups excluding carboxylic acids is 1. The molecule has 2 rings (SSSR count). The van der Waals surface area contributed by atoms with Gasteiger partial charge in [0, 0.05) is 30.9 Å². The van der Waals surface area contributed by atoms with E-state index in [1.54, 1.807) is 33.4 Å². The minimum atomic E-state index is -0.410. The lowest BCUT2D eigenvalue weighted by molar-refractivity contribution is -0.115. The van der Waals surface area contributed by atoms with Crippen molar-refractivity contribution in [2.24, 2.45) is 4.99 Å². The Morgan fingerprint density at radius 2 is 1.93 bits per heavy atom. The maximum atomic E-state index is 13.1. The van der Waals surface area contributed by atoms with Gasteiger partial charge in [-0.2, -0.15) is 0 Å². The summed E-state index contributed by atoms with van der Waals surface area (Å²) in [6.45, 7) is 0.425. The molecule has 0 spiro atoms. The Morgan fingerprint density at radius 3 is 2.59 bits per heavy atom. The number of nitrogens with zero attached hydrogens (tertiary/aromatic N) is 1. The van der Waals surface area contributed by atoms with Gasteiger partial charge in [0.1, 0.15) is 17.3 Å². The van der Waals surface area contributed by atoms with Gasteiger partial charge in [-0.3, -0.25) is 9.79 Å². The molecule has 27 heavy (non-hydrogen) atoms. The van der Waals surface area contributed by atoms with Crippen molar-refractivity contribution in [3.8, 4) is 11.5 Å². The molecular formula is C19H23FN4O3. The number of ether oxygens (including phenoxy) is 2. The van der Waals surface area contributed by atoms with E-state index in [0.717, 1.165) is 5.56 Å². The summed E-state index contributed by atoms with van der Waals surface area (Å²) in [5, 5.41) is 8.62. The Morgan fingerprint density at radius 1 is 1.11 bits per heavy atom. The van der Waals surface area contributed by atoms with Crippen LogP contribution in [0.1, 0.15) is 5.56 Å². The third-order valence-corrected chi connectivity index (χ3v) is 3.69. The highest BCUT2D eigenvalue weighted by molar-refractivity contribution is 5.94. The molecule has 0 saturated heterocycles. The zero-order valence-electron chi connectivity index (χ0n) is 15.5. The van der Waals surface area contributed by atoms with E-state index in [4.69, 9.17) is 9.47 Å². The van der Waals surface area contributed by atoms with Crippen molar-refractivity contribution in [2.45, 2.75) is 6.54 Å². The number of rotatable bonds is 7. The molecule has 0 radical (unpaired) electrons. The number of anilines is 1. The number of nitrogens with one attached hydrogen (secondary N) is 3. The van der Waals surface area contributed by atoms with Crippen LogP contribution in [0.2, 0.25) is 0 Å². The van der Waals surface area contributed by atoms with Crippen LogP contribution in [0.3, 0.4) is 0 Å². The lowest BCUT2D eigenvalue weighted by Crippen LogP contribution is -2.41. The van der Waals surface area contributed by atoms with Crippen LogP contribution in [0.15, 0.2) is 47.5 Å². The Labute approximate surface area is 157 Å². The van der Waals surface area contributed by atoms with Gasteiger partial charge in [0.2, 0.25) is 5.91 Å². The van der Waals surface area contributed by atoms with E-state index in [9.17, 15) is 9.18 Å². The van der Waals surface area contributed by atoms with Crippen LogP contribution < -0.4 is 25.4 Å². The molecule has 8 heteroatoms. The molecule has 144 valence electrons. The molecule has 7 nitrogen and oxygen atoms in total. The quantitative estimate of drug-likeness (QED) is 0.511. The third kappa shape index (κ3) is 6.18. The van der Waals surface area contributed by atoms with E-state index in [1.165, 1.54) is 18.2 Å². The average Bonchev–Trinajstić information content (AvgIpc) is 2.68. The Hall–Kier alpha value is -3.29. The number of hydrogen-bond donors (Lipinski definition) is 3. The first-order valence-electron chi connectivity index (χ1n) is 8.26. The number of carbonyl (C=O) groups is 1. The van der Waals surface area contributed by atoms with Gasteiger partial charge in [-0.25, -0.2) is 4.39 Å². The molecule has 0 aliphatic rings. The van der Waals surface area contributed by atoms with Gasteiger partial charge in [0.15, 0.2) is 5.96 Å². The molecule has 0 fully saturated rings. The van der Waals surface area contributed by atoms with E-state index < -0.39 is 5.82 Å².